The van der Waals surface area contributed by atoms with Crippen LogP contribution in [0, 0.1) is 0 Å². The Morgan fingerprint density at radius 3 is 1.43 bits per heavy atom. The zero-order valence-electron chi connectivity index (χ0n) is 14.1. The van der Waals surface area contributed by atoms with Crippen LogP contribution in [-0.2, 0) is 10.8 Å². The summed E-state index contributed by atoms with van der Waals surface area (Å²) in [6.45, 7) is 9.46. The summed E-state index contributed by atoms with van der Waals surface area (Å²) in [4.78, 5) is 3.80. The molecule has 5 rings (SSSR count). The van der Waals surface area contributed by atoms with Gasteiger partial charge in [-0.05, 0) is 22.3 Å². The van der Waals surface area contributed by atoms with E-state index in [-0.39, 0.29) is 10.8 Å². The number of benzene rings is 2. The molecule has 0 spiro atoms. The highest BCUT2D eigenvalue weighted by Crippen LogP contribution is 2.59. The second-order valence-electron chi connectivity index (χ2n) is 7.97. The number of aromatic nitrogens is 1. The van der Waals surface area contributed by atoms with Crippen LogP contribution in [-0.4, -0.2) is 4.98 Å². The Balaban J connectivity index is 1.92. The monoisotopic (exact) mass is 299 g/mol. The molecule has 0 bridgehead atoms. The minimum absolute atomic E-state index is 0.0509. The molecule has 1 heterocycles. The van der Waals surface area contributed by atoms with Crippen LogP contribution in [0.15, 0.2) is 48.5 Å². The molecule has 0 unspecified atom stereocenters. The molecule has 3 aromatic rings. The van der Waals surface area contributed by atoms with E-state index in [4.69, 9.17) is 0 Å². The number of rotatable bonds is 0. The third kappa shape index (κ3) is 1.35. The Kier molecular flexibility index (Phi) is 2.17. The highest BCUT2D eigenvalue weighted by Gasteiger charge is 2.47. The molecule has 1 N–H and O–H groups in total. The van der Waals surface area contributed by atoms with E-state index in [1.165, 1.54) is 44.8 Å². The minimum Gasteiger partial charge on any atom is -0.354 e. The summed E-state index contributed by atoms with van der Waals surface area (Å²) in [5.41, 5.74) is 11.4. The van der Waals surface area contributed by atoms with Crippen LogP contribution >= 0.6 is 0 Å². The van der Waals surface area contributed by atoms with Gasteiger partial charge in [0, 0.05) is 22.0 Å². The SMILES string of the molecule is CC1(C)c2ccccc2-c2[nH]c3c(c21)C(C)(C)c1ccccc1-3. The molecule has 0 amide bonds. The Morgan fingerprint density at radius 2 is 1.00 bits per heavy atom. The average Bonchev–Trinajstić information content (AvgIpc) is 3.10. The standard InChI is InChI=1S/C22H21N/c1-21(2)15-11-7-5-9-13(15)19-17(21)18-20(23-19)14-10-6-8-12-16(14)22(18,3)4/h5-12,23H,1-4H3. The third-order valence-corrected chi connectivity index (χ3v) is 5.99. The Bertz CT molecular complexity index is 891. The van der Waals surface area contributed by atoms with Crippen molar-refractivity contribution in [3.63, 3.8) is 0 Å². The van der Waals surface area contributed by atoms with Crippen LogP contribution in [0.4, 0.5) is 0 Å². The molecule has 0 saturated carbocycles. The first-order valence-corrected chi connectivity index (χ1v) is 8.40. The Morgan fingerprint density at radius 1 is 0.609 bits per heavy atom. The maximum Gasteiger partial charge on any atom is 0.0506 e. The lowest BCUT2D eigenvalue weighted by atomic mass is 9.74. The number of nitrogens with one attached hydrogen (secondary N) is 1. The fourth-order valence-electron chi connectivity index (χ4n) is 4.92. The lowest BCUT2D eigenvalue weighted by Crippen LogP contribution is -2.23. The molecule has 2 aliphatic carbocycles. The number of fused-ring (bicyclic) bond motifs is 7. The van der Waals surface area contributed by atoms with Crippen LogP contribution < -0.4 is 0 Å². The fraction of sp³-hybridized carbons (Fsp3) is 0.273. The van der Waals surface area contributed by atoms with Gasteiger partial charge in [-0.2, -0.15) is 0 Å². The van der Waals surface area contributed by atoms with E-state index in [0.717, 1.165) is 0 Å². The summed E-state index contributed by atoms with van der Waals surface area (Å²) >= 11 is 0. The molecule has 0 radical (unpaired) electrons. The van der Waals surface area contributed by atoms with E-state index in [1.54, 1.807) is 0 Å². The summed E-state index contributed by atoms with van der Waals surface area (Å²) in [7, 11) is 0. The molecular formula is C22H21N. The quantitative estimate of drug-likeness (QED) is 0.554. The largest absolute Gasteiger partial charge is 0.354 e. The number of hydrogen-bond donors (Lipinski definition) is 1. The third-order valence-electron chi connectivity index (χ3n) is 5.99. The highest BCUT2D eigenvalue weighted by molar-refractivity contribution is 5.90. The van der Waals surface area contributed by atoms with Crippen molar-refractivity contribution >= 4 is 0 Å². The average molecular weight is 299 g/mol. The zero-order chi connectivity index (χ0) is 16.0. The summed E-state index contributed by atoms with van der Waals surface area (Å²) in [5.74, 6) is 0. The maximum absolute atomic E-state index is 3.80. The summed E-state index contributed by atoms with van der Waals surface area (Å²) in [6, 6.07) is 17.7. The number of aromatic amines is 1. The lowest BCUT2D eigenvalue weighted by molar-refractivity contribution is 0.603. The van der Waals surface area contributed by atoms with Crippen molar-refractivity contribution in [2.45, 2.75) is 38.5 Å². The first-order chi connectivity index (χ1) is 10.9. The minimum atomic E-state index is 0.0509. The molecule has 1 aromatic heterocycles. The van der Waals surface area contributed by atoms with E-state index in [0.29, 0.717) is 0 Å². The van der Waals surface area contributed by atoms with Crippen molar-refractivity contribution in [2.75, 3.05) is 0 Å². The molecule has 0 fully saturated rings. The van der Waals surface area contributed by atoms with Crippen LogP contribution in [0.1, 0.15) is 49.9 Å². The number of hydrogen-bond acceptors (Lipinski definition) is 0. The van der Waals surface area contributed by atoms with E-state index in [2.05, 4.69) is 81.2 Å². The Hall–Kier alpha value is -2.28. The summed E-state index contributed by atoms with van der Waals surface area (Å²) < 4.78 is 0. The Labute approximate surface area is 137 Å². The summed E-state index contributed by atoms with van der Waals surface area (Å²) in [5, 5.41) is 0. The van der Waals surface area contributed by atoms with Gasteiger partial charge in [0.2, 0.25) is 0 Å². The van der Waals surface area contributed by atoms with E-state index in [9.17, 15) is 0 Å². The van der Waals surface area contributed by atoms with E-state index < -0.39 is 0 Å². The van der Waals surface area contributed by atoms with Crippen LogP contribution in [0.3, 0.4) is 0 Å². The highest BCUT2D eigenvalue weighted by atomic mass is 14.8. The molecule has 114 valence electrons. The molecule has 2 aliphatic rings. The van der Waals surface area contributed by atoms with Gasteiger partial charge in [-0.25, -0.2) is 0 Å². The van der Waals surface area contributed by atoms with Crippen LogP contribution in [0.5, 0.6) is 0 Å². The van der Waals surface area contributed by atoms with Crippen molar-refractivity contribution in [1.29, 1.82) is 0 Å². The molecule has 0 aliphatic heterocycles. The van der Waals surface area contributed by atoms with Gasteiger partial charge in [-0.3, -0.25) is 0 Å². The predicted octanol–water partition coefficient (Wildman–Crippen LogP) is 5.63. The van der Waals surface area contributed by atoms with Crippen molar-refractivity contribution in [3.8, 4) is 22.5 Å². The van der Waals surface area contributed by atoms with Crippen molar-refractivity contribution in [1.82, 2.24) is 4.98 Å². The van der Waals surface area contributed by atoms with Gasteiger partial charge in [0.05, 0.1) is 11.4 Å². The van der Waals surface area contributed by atoms with Gasteiger partial charge >= 0.3 is 0 Å². The smallest absolute Gasteiger partial charge is 0.0506 e. The molecule has 23 heavy (non-hydrogen) atoms. The first-order valence-electron chi connectivity index (χ1n) is 8.40. The second-order valence-corrected chi connectivity index (χ2v) is 7.97. The molecule has 0 atom stereocenters. The summed E-state index contributed by atoms with van der Waals surface area (Å²) in [6.07, 6.45) is 0. The van der Waals surface area contributed by atoms with Gasteiger partial charge in [0.15, 0.2) is 0 Å². The van der Waals surface area contributed by atoms with E-state index >= 15 is 0 Å². The molecule has 2 aromatic carbocycles. The predicted molar refractivity (Wildman–Crippen MR) is 95.9 cm³/mol. The van der Waals surface area contributed by atoms with Crippen LogP contribution in [0.2, 0.25) is 0 Å². The van der Waals surface area contributed by atoms with Gasteiger partial charge in [-0.1, -0.05) is 76.2 Å². The van der Waals surface area contributed by atoms with E-state index in [1.807, 2.05) is 0 Å². The molecule has 1 heteroatoms. The molecular weight excluding hydrogens is 278 g/mol. The first kappa shape index (κ1) is 13.2. The lowest BCUT2D eigenvalue weighted by Gasteiger charge is -2.28. The topological polar surface area (TPSA) is 15.8 Å². The van der Waals surface area contributed by atoms with Crippen LogP contribution in [0.25, 0.3) is 22.5 Å². The second kappa shape index (κ2) is 3.79. The van der Waals surface area contributed by atoms with Crippen molar-refractivity contribution < 1.29 is 0 Å². The van der Waals surface area contributed by atoms with Gasteiger partial charge < -0.3 is 4.98 Å². The maximum atomic E-state index is 3.80. The molecule has 1 nitrogen and oxygen atoms in total. The molecule has 0 saturated heterocycles. The number of H-pyrrole nitrogens is 1. The van der Waals surface area contributed by atoms with Crippen molar-refractivity contribution in [3.05, 3.63) is 70.8 Å². The van der Waals surface area contributed by atoms with Gasteiger partial charge in [0.1, 0.15) is 0 Å². The van der Waals surface area contributed by atoms with Gasteiger partial charge in [0.25, 0.3) is 0 Å². The van der Waals surface area contributed by atoms with Crippen molar-refractivity contribution in [2.24, 2.45) is 0 Å². The van der Waals surface area contributed by atoms with Gasteiger partial charge in [-0.15, -0.1) is 0 Å². The fourth-order valence-corrected chi connectivity index (χ4v) is 4.92. The normalized spacial score (nSPS) is 18.3. The zero-order valence-corrected chi connectivity index (χ0v) is 14.1.